The number of carbonyl (C=O) groups excluding carboxylic acids is 1. The van der Waals surface area contributed by atoms with Crippen molar-refractivity contribution in [2.45, 2.75) is 103 Å². The molecule has 8 nitrogen and oxygen atoms in total. The first-order valence-electron chi connectivity index (χ1n) is 14.6. The first-order valence-corrected chi connectivity index (χ1v) is 14.6. The Morgan fingerprint density at radius 1 is 1.11 bits per heavy atom. The van der Waals surface area contributed by atoms with Crippen molar-refractivity contribution in [2.75, 3.05) is 18.4 Å². The van der Waals surface area contributed by atoms with Crippen LogP contribution in [0, 0.1) is 13.8 Å². The van der Waals surface area contributed by atoms with Crippen LogP contribution in [0.2, 0.25) is 0 Å². The number of fused-ring (bicyclic) bond motifs is 1. The number of quaternary nitrogens is 1. The van der Waals surface area contributed by atoms with E-state index in [-0.39, 0.29) is 5.91 Å². The molecule has 2 aliphatic rings. The molecule has 1 aliphatic heterocycles. The van der Waals surface area contributed by atoms with Crippen molar-refractivity contribution in [3.8, 4) is 0 Å². The second-order valence-corrected chi connectivity index (χ2v) is 11.7. The molecule has 1 amide bonds. The van der Waals surface area contributed by atoms with Gasteiger partial charge in [-0.15, -0.1) is 0 Å². The summed E-state index contributed by atoms with van der Waals surface area (Å²) in [6.45, 7) is 9.97. The molecule has 4 heterocycles. The van der Waals surface area contributed by atoms with Gasteiger partial charge in [-0.05, 0) is 76.5 Å². The minimum absolute atomic E-state index is 0.193. The Balaban J connectivity index is 1.38. The second-order valence-electron chi connectivity index (χ2n) is 11.7. The molecular formula is C30H44N7O+. The summed E-state index contributed by atoms with van der Waals surface area (Å²) in [7, 11) is 0. The summed E-state index contributed by atoms with van der Waals surface area (Å²) >= 11 is 0. The van der Waals surface area contributed by atoms with Crippen molar-refractivity contribution in [3.63, 3.8) is 0 Å². The fourth-order valence-electron chi connectivity index (χ4n) is 6.51. The molecule has 204 valence electrons. The predicted molar refractivity (Wildman–Crippen MR) is 152 cm³/mol. The fourth-order valence-corrected chi connectivity index (χ4v) is 6.51. The molecule has 8 heteroatoms. The smallest absolute Gasteiger partial charge is 0.344 e. The number of aryl methyl sites for hydroxylation is 2. The fraction of sp³-hybridized carbons (Fsp3) is 0.600. The maximum atomic E-state index is 13.3. The summed E-state index contributed by atoms with van der Waals surface area (Å²) in [5.74, 6) is 1.31. The average Bonchev–Trinajstić information content (AvgIpc) is 3.27. The lowest BCUT2D eigenvalue weighted by atomic mass is 9.89. The minimum Gasteiger partial charge on any atom is -0.352 e. The van der Waals surface area contributed by atoms with Gasteiger partial charge in [0, 0.05) is 60.1 Å². The van der Waals surface area contributed by atoms with Gasteiger partial charge in [-0.1, -0.05) is 13.3 Å². The molecule has 1 saturated carbocycles. The maximum absolute atomic E-state index is 13.3. The number of amides is 1. The second kappa shape index (κ2) is 11.5. The van der Waals surface area contributed by atoms with Crippen LogP contribution >= 0.6 is 0 Å². The molecule has 1 aliphatic carbocycles. The maximum Gasteiger partial charge on any atom is 0.344 e. The number of nitrogens with two attached hydrogens (primary N) is 1. The van der Waals surface area contributed by atoms with Crippen LogP contribution in [0.15, 0.2) is 24.5 Å². The Labute approximate surface area is 226 Å². The van der Waals surface area contributed by atoms with E-state index < -0.39 is 0 Å². The predicted octanol–water partition coefficient (Wildman–Crippen LogP) is 4.09. The van der Waals surface area contributed by atoms with Gasteiger partial charge in [-0.2, -0.15) is 4.98 Å². The van der Waals surface area contributed by atoms with E-state index in [1.165, 1.54) is 5.56 Å². The Hall–Kier alpha value is -2.84. The van der Waals surface area contributed by atoms with Crippen LogP contribution < -0.4 is 16.0 Å². The van der Waals surface area contributed by atoms with E-state index in [0.717, 1.165) is 97.3 Å². The van der Waals surface area contributed by atoms with Crippen molar-refractivity contribution in [2.24, 2.45) is 5.73 Å². The number of likely N-dealkylation sites (tertiary alicyclic amines) is 1. The molecule has 0 aromatic carbocycles. The lowest BCUT2D eigenvalue weighted by molar-refractivity contribution is -0.820. The van der Waals surface area contributed by atoms with E-state index in [1.54, 1.807) is 0 Å². The molecule has 0 bridgehead atoms. The summed E-state index contributed by atoms with van der Waals surface area (Å²) in [6.07, 6.45) is 12.8. The first-order chi connectivity index (χ1) is 18.3. The highest BCUT2D eigenvalue weighted by atomic mass is 16.2. The standard InChI is InChI=1S/C30H43N7O/c1-5-6-19(2)34-30-32-17-26-27(18-37(28(26)35-30)25-9-7-24(31)8-10-25)22-11-13-36(14-12-22)29(38)23-15-20(3)33-21(4)16-23/h15-19,22,24-25H,5-14,31H2,1-4H3,(H,32,34,35)/p+1. The van der Waals surface area contributed by atoms with Crippen molar-refractivity contribution in [1.29, 1.82) is 0 Å². The molecule has 1 unspecified atom stereocenters. The van der Waals surface area contributed by atoms with E-state index in [4.69, 9.17) is 15.7 Å². The van der Waals surface area contributed by atoms with Crippen molar-refractivity contribution < 1.29 is 9.69 Å². The molecule has 0 spiro atoms. The summed E-state index contributed by atoms with van der Waals surface area (Å²) in [4.78, 5) is 28.5. The van der Waals surface area contributed by atoms with Gasteiger partial charge in [0.1, 0.15) is 5.65 Å². The number of pyridine rings is 1. The number of piperidine rings is 1. The van der Waals surface area contributed by atoms with Gasteiger partial charge in [-0.3, -0.25) is 9.88 Å². The molecule has 3 aromatic heterocycles. The molecular weight excluding hydrogens is 474 g/mol. The van der Waals surface area contributed by atoms with Crippen LogP contribution in [0.1, 0.15) is 104 Å². The number of carbonyl (C=O) groups is 1. The topological polar surface area (TPSA) is 103 Å². The summed E-state index contributed by atoms with van der Waals surface area (Å²) in [5.41, 5.74) is 11.2. The number of aromatic nitrogens is 4. The molecule has 1 saturated heterocycles. The third-order valence-electron chi connectivity index (χ3n) is 8.53. The van der Waals surface area contributed by atoms with Crippen LogP contribution in [0.5, 0.6) is 0 Å². The Morgan fingerprint density at radius 3 is 2.45 bits per heavy atom. The van der Waals surface area contributed by atoms with Crippen LogP contribution in [0.25, 0.3) is 11.0 Å². The third kappa shape index (κ3) is 5.76. The van der Waals surface area contributed by atoms with Crippen molar-refractivity contribution >= 4 is 22.9 Å². The van der Waals surface area contributed by atoms with Crippen LogP contribution in [-0.2, 0) is 0 Å². The van der Waals surface area contributed by atoms with Gasteiger partial charge in [0.2, 0.25) is 5.95 Å². The number of anilines is 1. The number of nitrogens with one attached hydrogen (secondary N) is 2. The number of hydrogen-bond acceptors (Lipinski definition) is 6. The van der Waals surface area contributed by atoms with Gasteiger partial charge in [0.25, 0.3) is 0 Å². The molecule has 4 N–H and O–H groups in total. The molecule has 5 rings (SSSR count). The molecule has 3 aromatic rings. The van der Waals surface area contributed by atoms with Gasteiger partial charge in [-0.25, -0.2) is 9.78 Å². The molecule has 1 atom stereocenters. The van der Waals surface area contributed by atoms with Crippen molar-refractivity contribution in [1.82, 2.24) is 19.5 Å². The van der Waals surface area contributed by atoms with Crippen molar-refractivity contribution in [3.05, 3.63) is 47.0 Å². The third-order valence-corrected chi connectivity index (χ3v) is 8.53. The van der Waals surface area contributed by atoms with E-state index >= 15 is 0 Å². The lowest BCUT2D eigenvalue weighted by Crippen LogP contribution is -3.15. The zero-order chi connectivity index (χ0) is 26.8. The van der Waals surface area contributed by atoms with E-state index in [0.29, 0.717) is 30.0 Å². The first kappa shape index (κ1) is 26.8. The highest BCUT2D eigenvalue weighted by Gasteiger charge is 2.32. The number of hydrogen-bond donors (Lipinski definition) is 3. The summed E-state index contributed by atoms with van der Waals surface area (Å²) in [5, 5.41) is 4.66. The Morgan fingerprint density at radius 2 is 1.79 bits per heavy atom. The minimum atomic E-state index is 0.193. The van der Waals surface area contributed by atoms with Gasteiger partial charge in [0.05, 0.1) is 18.7 Å². The number of nitrogens with zero attached hydrogens (tertiary/aromatic N) is 4. The van der Waals surface area contributed by atoms with Crippen LogP contribution in [0.4, 0.5) is 5.95 Å². The van der Waals surface area contributed by atoms with Gasteiger partial charge < -0.3 is 15.6 Å². The SMILES string of the molecule is CCCC(C)Nc1ncc2c(C3CC[NH+](C(=O)c4cc(C)nc(C)c4)CC3)cn(C3CCC(N)CC3)c2n1. The highest BCUT2D eigenvalue weighted by molar-refractivity contribution is 5.87. The molecule has 2 fully saturated rings. The Kier molecular flexibility index (Phi) is 8.09. The number of rotatable bonds is 7. The van der Waals surface area contributed by atoms with E-state index in [2.05, 4.69) is 34.9 Å². The zero-order valence-electron chi connectivity index (χ0n) is 23.5. The lowest BCUT2D eigenvalue weighted by Gasteiger charge is -2.28. The molecule has 38 heavy (non-hydrogen) atoms. The quantitative estimate of drug-likeness (QED) is 0.435. The normalized spacial score (nSPS) is 24.9. The Bertz CT molecular complexity index is 1250. The highest BCUT2D eigenvalue weighted by Crippen LogP contribution is 2.37. The average molecular weight is 519 g/mol. The summed E-state index contributed by atoms with van der Waals surface area (Å²) in [6, 6.07) is 4.91. The van der Waals surface area contributed by atoms with Gasteiger partial charge >= 0.3 is 5.91 Å². The van der Waals surface area contributed by atoms with Gasteiger partial charge in [0.15, 0.2) is 0 Å². The van der Waals surface area contributed by atoms with Crippen LogP contribution in [-0.4, -0.2) is 50.6 Å². The van der Waals surface area contributed by atoms with E-state index in [9.17, 15) is 4.79 Å². The van der Waals surface area contributed by atoms with Crippen LogP contribution in [0.3, 0.4) is 0 Å². The largest absolute Gasteiger partial charge is 0.352 e. The summed E-state index contributed by atoms with van der Waals surface area (Å²) < 4.78 is 2.42. The monoisotopic (exact) mass is 518 g/mol. The van der Waals surface area contributed by atoms with E-state index in [1.807, 2.05) is 32.2 Å². The molecule has 0 radical (unpaired) electrons. The zero-order valence-corrected chi connectivity index (χ0v) is 23.5.